The summed E-state index contributed by atoms with van der Waals surface area (Å²) in [6, 6.07) is 50.2. The molecule has 6 aromatic carbocycles. The van der Waals surface area contributed by atoms with Crippen LogP contribution >= 0.6 is 0 Å². The van der Waals surface area contributed by atoms with Gasteiger partial charge in [-0.3, -0.25) is 0 Å². The average molecular weight is 611 g/mol. The number of aromatic nitrogens is 2. The first-order valence-corrected chi connectivity index (χ1v) is 16.4. The predicted octanol–water partition coefficient (Wildman–Crippen LogP) is 9.85. The molecule has 8 aromatic rings. The highest BCUT2D eigenvalue weighted by molar-refractivity contribution is 6.62. The Balaban J connectivity index is 1.29. The van der Waals surface area contributed by atoms with E-state index >= 15 is 0 Å². The van der Waals surface area contributed by atoms with E-state index in [1.165, 1.54) is 54.7 Å². The Labute approximate surface area is 274 Å². The number of rotatable bonds is 4. The van der Waals surface area contributed by atoms with Gasteiger partial charge < -0.3 is 18.4 Å². The predicted molar refractivity (Wildman–Crippen MR) is 196 cm³/mol. The molecular weight excluding hydrogens is 575 g/mol. The molecule has 0 radical (unpaired) electrons. The molecular formula is C42H35BN2O2. The number of nitrogens with zero attached hydrogens (tertiary/aromatic N) is 2. The van der Waals surface area contributed by atoms with Crippen LogP contribution in [0, 0.1) is 0 Å². The molecule has 0 bridgehead atoms. The lowest BCUT2D eigenvalue weighted by molar-refractivity contribution is 0.00578. The van der Waals surface area contributed by atoms with Gasteiger partial charge in [0, 0.05) is 32.9 Å². The molecule has 228 valence electrons. The van der Waals surface area contributed by atoms with Gasteiger partial charge in [0.25, 0.3) is 0 Å². The SMILES string of the molecule is CC1(C)OB(c2cccc(-n3c4ccccc4c4c(-c5cccc6c5c5ccccc5n6-c5ccccc5)cccc43)c2)OC1(C)C. The lowest BCUT2D eigenvalue weighted by Gasteiger charge is -2.32. The van der Waals surface area contributed by atoms with Gasteiger partial charge in [-0.25, -0.2) is 0 Å². The second-order valence-corrected chi connectivity index (χ2v) is 13.6. The molecule has 4 nitrogen and oxygen atoms in total. The molecule has 2 aromatic heterocycles. The van der Waals surface area contributed by atoms with E-state index in [1.807, 2.05) is 0 Å². The minimum atomic E-state index is -0.428. The van der Waals surface area contributed by atoms with Gasteiger partial charge in [-0.2, -0.15) is 0 Å². The first-order valence-electron chi connectivity index (χ1n) is 16.4. The quantitative estimate of drug-likeness (QED) is 0.186. The van der Waals surface area contributed by atoms with Gasteiger partial charge in [-0.05, 0) is 92.8 Å². The van der Waals surface area contributed by atoms with Crippen molar-refractivity contribution in [3.8, 4) is 22.5 Å². The third kappa shape index (κ3) is 4.17. The number of benzene rings is 6. The molecule has 3 heterocycles. The summed E-state index contributed by atoms with van der Waals surface area (Å²) in [7, 11) is -0.428. The first-order chi connectivity index (χ1) is 22.8. The Morgan fingerprint density at radius 2 is 0.894 bits per heavy atom. The van der Waals surface area contributed by atoms with Gasteiger partial charge >= 0.3 is 7.12 Å². The minimum absolute atomic E-state index is 0.403. The second kappa shape index (κ2) is 10.2. The average Bonchev–Trinajstić information content (AvgIpc) is 3.69. The van der Waals surface area contributed by atoms with Gasteiger partial charge in [-0.1, -0.05) is 91.0 Å². The zero-order valence-corrected chi connectivity index (χ0v) is 27.1. The van der Waals surface area contributed by atoms with Crippen molar-refractivity contribution in [2.24, 2.45) is 0 Å². The molecule has 0 unspecified atom stereocenters. The van der Waals surface area contributed by atoms with Crippen LogP contribution in [0.5, 0.6) is 0 Å². The van der Waals surface area contributed by atoms with Crippen LogP contribution < -0.4 is 5.46 Å². The van der Waals surface area contributed by atoms with Crippen LogP contribution in [-0.4, -0.2) is 27.5 Å². The molecule has 5 heteroatoms. The second-order valence-electron chi connectivity index (χ2n) is 13.6. The highest BCUT2D eigenvalue weighted by Crippen LogP contribution is 2.44. The van der Waals surface area contributed by atoms with Crippen LogP contribution in [0.1, 0.15) is 27.7 Å². The van der Waals surface area contributed by atoms with Crippen LogP contribution in [0.25, 0.3) is 66.1 Å². The maximum Gasteiger partial charge on any atom is 0.494 e. The standard InChI is InChI=1S/C42H35BN2O2/c1-41(2)42(3,4)47-43(46-41)28-15-12-18-30(27-28)45-36-24-11-9-20-34(36)40-32(22-14-26-38(40)45)31-21-13-25-37-39(31)33-19-8-10-23-35(33)44(37)29-16-6-5-7-17-29/h5-27H,1-4H3. The Kier molecular flexibility index (Phi) is 6.11. The van der Waals surface area contributed by atoms with Gasteiger partial charge in [0.05, 0.1) is 33.3 Å². The summed E-state index contributed by atoms with van der Waals surface area (Å²) in [5, 5.41) is 4.98. The van der Waals surface area contributed by atoms with Crippen molar-refractivity contribution in [1.29, 1.82) is 0 Å². The van der Waals surface area contributed by atoms with Crippen molar-refractivity contribution in [2.45, 2.75) is 38.9 Å². The van der Waals surface area contributed by atoms with E-state index in [0.717, 1.165) is 16.8 Å². The van der Waals surface area contributed by atoms with Crippen LogP contribution in [0.3, 0.4) is 0 Å². The molecule has 47 heavy (non-hydrogen) atoms. The maximum atomic E-state index is 6.45. The van der Waals surface area contributed by atoms with E-state index in [-0.39, 0.29) is 0 Å². The highest BCUT2D eigenvalue weighted by atomic mass is 16.7. The van der Waals surface area contributed by atoms with Gasteiger partial charge in [-0.15, -0.1) is 0 Å². The summed E-state index contributed by atoms with van der Waals surface area (Å²) in [4.78, 5) is 0. The third-order valence-corrected chi connectivity index (χ3v) is 10.4. The fraction of sp³-hybridized carbons (Fsp3) is 0.143. The Hall–Kier alpha value is -5.10. The van der Waals surface area contributed by atoms with Crippen molar-refractivity contribution < 1.29 is 9.31 Å². The number of hydrogen-bond acceptors (Lipinski definition) is 2. The van der Waals surface area contributed by atoms with Crippen molar-refractivity contribution in [1.82, 2.24) is 9.13 Å². The molecule has 0 amide bonds. The fourth-order valence-corrected chi connectivity index (χ4v) is 7.41. The Bertz CT molecular complexity index is 2470. The summed E-state index contributed by atoms with van der Waals surface area (Å²) >= 11 is 0. The van der Waals surface area contributed by atoms with Gasteiger partial charge in [0.1, 0.15) is 0 Å². The first kappa shape index (κ1) is 28.2. The molecule has 0 atom stereocenters. The van der Waals surface area contributed by atoms with E-state index in [2.05, 4.69) is 176 Å². The number of para-hydroxylation sites is 3. The largest absolute Gasteiger partial charge is 0.494 e. The lowest BCUT2D eigenvalue weighted by Crippen LogP contribution is -2.41. The molecule has 0 saturated carbocycles. The summed E-state index contributed by atoms with van der Waals surface area (Å²) < 4.78 is 17.7. The van der Waals surface area contributed by atoms with E-state index in [4.69, 9.17) is 9.31 Å². The molecule has 1 fully saturated rings. The topological polar surface area (TPSA) is 28.3 Å². The molecule has 1 saturated heterocycles. The Morgan fingerprint density at radius 3 is 1.47 bits per heavy atom. The Morgan fingerprint density at radius 1 is 0.447 bits per heavy atom. The van der Waals surface area contributed by atoms with E-state index < -0.39 is 18.3 Å². The zero-order chi connectivity index (χ0) is 31.9. The van der Waals surface area contributed by atoms with Gasteiger partial charge in [0.2, 0.25) is 0 Å². The molecule has 9 rings (SSSR count). The van der Waals surface area contributed by atoms with Crippen LogP contribution in [0.2, 0.25) is 0 Å². The van der Waals surface area contributed by atoms with E-state index in [0.29, 0.717) is 0 Å². The van der Waals surface area contributed by atoms with Crippen molar-refractivity contribution in [3.63, 3.8) is 0 Å². The minimum Gasteiger partial charge on any atom is -0.399 e. The summed E-state index contributed by atoms with van der Waals surface area (Å²) in [5.74, 6) is 0. The van der Waals surface area contributed by atoms with Crippen molar-refractivity contribution in [2.75, 3.05) is 0 Å². The lowest BCUT2D eigenvalue weighted by atomic mass is 9.79. The maximum absolute atomic E-state index is 6.45. The molecule has 0 spiro atoms. The fourth-order valence-electron chi connectivity index (χ4n) is 7.41. The highest BCUT2D eigenvalue weighted by Gasteiger charge is 2.51. The summed E-state index contributed by atoms with van der Waals surface area (Å²) in [6.07, 6.45) is 0. The molecule has 0 N–H and O–H groups in total. The van der Waals surface area contributed by atoms with Crippen LogP contribution in [0.4, 0.5) is 0 Å². The van der Waals surface area contributed by atoms with Crippen molar-refractivity contribution >= 4 is 56.2 Å². The smallest absolute Gasteiger partial charge is 0.399 e. The third-order valence-electron chi connectivity index (χ3n) is 10.4. The summed E-state index contributed by atoms with van der Waals surface area (Å²) in [5.41, 5.74) is 9.64. The van der Waals surface area contributed by atoms with Crippen LogP contribution in [-0.2, 0) is 9.31 Å². The van der Waals surface area contributed by atoms with Crippen LogP contribution in [0.15, 0.2) is 140 Å². The monoisotopic (exact) mass is 610 g/mol. The zero-order valence-electron chi connectivity index (χ0n) is 27.1. The number of hydrogen-bond donors (Lipinski definition) is 0. The van der Waals surface area contributed by atoms with Crippen molar-refractivity contribution in [3.05, 3.63) is 140 Å². The van der Waals surface area contributed by atoms with E-state index in [9.17, 15) is 0 Å². The summed E-state index contributed by atoms with van der Waals surface area (Å²) in [6.45, 7) is 8.40. The molecule has 1 aliphatic heterocycles. The van der Waals surface area contributed by atoms with E-state index in [1.54, 1.807) is 0 Å². The molecule has 0 aliphatic carbocycles. The molecule has 1 aliphatic rings. The number of fused-ring (bicyclic) bond motifs is 6. The normalized spacial score (nSPS) is 15.8. The van der Waals surface area contributed by atoms with Gasteiger partial charge in [0.15, 0.2) is 0 Å².